The predicted molar refractivity (Wildman–Crippen MR) is 123 cm³/mol. The topological polar surface area (TPSA) is 99.6 Å². The highest BCUT2D eigenvalue weighted by Gasteiger charge is 2.23. The first-order chi connectivity index (χ1) is 16.0. The summed E-state index contributed by atoms with van der Waals surface area (Å²) in [5.74, 6) is 0.145. The number of fused-ring (bicyclic) bond motifs is 2. The lowest BCUT2D eigenvalue weighted by atomic mass is 10.2. The van der Waals surface area contributed by atoms with Crippen LogP contribution >= 0.6 is 11.6 Å². The van der Waals surface area contributed by atoms with Crippen LogP contribution in [-0.2, 0) is 17.9 Å². The second kappa shape index (κ2) is 8.67. The minimum Gasteiger partial charge on any atom is -0.384 e. The van der Waals surface area contributed by atoms with Gasteiger partial charge < -0.3 is 20.4 Å². The molecular weight excluding hydrogens is 445 g/mol. The van der Waals surface area contributed by atoms with Crippen molar-refractivity contribution in [3.05, 3.63) is 82.7 Å². The summed E-state index contributed by atoms with van der Waals surface area (Å²) >= 11 is 5.92. The van der Waals surface area contributed by atoms with Gasteiger partial charge in [0.2, 0.25) is 0 Å². The van der Waals surface area contributed by atoms with Crippen molar-refractivity contribution >= 4 is 34.9 Å². The summed E-state index contributed by atoms with van der Waals surface area (Å²) in [6.45, 7) is 0.460. The summed E-state index contributed by atoms with van der Waals surface area (Å²) in [5, 5.41) is 13.5. The van der Waals surface area contributed by atoms with Gasteiger partial charge in [-0.1, -0.05) is 17.7 Å². The predicted octanol–water partition coefficient (Wildman–Crippen LogP) is 3.59. The average molecular weight is 466 g/mol. The molecule has 10 heteroatoms. The maximum absolute atomic E-state index is 14.0. The van der Waals surface area contributed by atoms with Crippen molar-refractivity contribution in [1.29, 1.82) is 5.41 Å². The van der Waals surface area contributed by atoms with Crippen molar-refractivity contribution < 1.29 is 9.18 Å². The lowest BCUT2D eigenvalue weighted by Gasteiger charge is -2.06. The van der Waals surface area contributed by atoms with Crippen LogP contribution in [0.1, 0.15) is 35.8 Å². The molecule has 0 aliphatic heterocycles. The molecule has 5 rings (SSSR count). The lowest BCUT2D eigenvalue weighted by molar-refractivity contribution is -0.117. The van der Waals surface area contributed by atoms with Crippen LogP contribution in [0.5, 0.6) is 0 Å². The fraction of sp³-hybridized carbons (Fsp3) is 0.217. The molecule has 0 aromatic carbocycles. The van der Waals surface area contributed by atoms with E-state index in [9.17, 15) is 9.18 Å². The molecule has 0 saturated heterocycles. The number of carbonyl (C=O) groups is 1. The Morgan fingerprint density at radius 2 is 2.12 bits per heavy atom. The van der Waals surface area contributed by atoms with Gasteiger partial charge in [-0.3, -0.25) is 9.20 Å². The van der Waals surface area contributed by atoms with Crippen LogP contribution in [0, 0.1) is 11.2 Å². The Kier molecular flexibility index (Phi) is 5.55. The highest BCUT2D eigenvalue weighted by Crippen LogP contribution is 2.39. The number of carbonyl (C=O) groups excluding carboxylic acids is 1. The molecule has 1 amide bonds. The summed E-state index contributed by atoms with van der Waals surface area (Å²) in [7, 11) is 0. The summed E-state index contributed by atoms with van der Waals surface area (Å²) in [6, 6.07) is 5.35. The van der Waals surface area contributed by atoms with Crippen molar-refractivity contribution in [2.45, 2.75) is 31.8 Å². The Morgan fingerprint density at radius 1 is 1.27 bits per heavy atom. The van der Waals surface area contributed by atoms with E-state index in [-0.39, 0.29) is 22.7 Å². The first kappa shape index (κ1) is 21.1. The summed E-state index contributed by atoms with van der Waals surface area (Å²) in [4.78, 5) is 21.2. The van der Waals surface area contributed by atoms with Gasteiger partial charge in [-0.2, -0.15) is 0 Å². The summed E-state index contributed by atoms with van der Waals surface area (Å²) in [6.07, 6.45) is 11.9. The van der Waals surface area contributed by atoms with Crippen molar-refractivity contribution in [3.8, 4) is 0 Å². The van der Waals surface area contributed by atoms with Crippen LogP contribution < -0.4 is 10.6 Å². The second-order valence-electron chi connectivity index (χ2n) is 7.98. The van der Waals surface area contributed by atoms with E-state index >= 15 is 0 Å². The molecular formula is C23H21ClFN7O. The number of rotatable bonds is 8. The van der Waals surface area contributed by atoms with Gasteiger partial charge in [0, 0.05) is 31.0 Å². The SMILES string of the molecule is N=C/C(=C\NCc1cn2cc(C3CC3)ccc2n1)C(=O)NCc1ncc2c(F)cc(Cl)cn12. The number of imidazole rings is 2. The normalized spacial score (nSPS) is 14.1. The number of aromatic nitrogens is 4. The summed E-state index contributed by atoms with van der Waals surface area (Å²) < 4.78 is 17.5. The van der Waals surface area contributed by atoms with Crippen LogP contribution in [0.3, 0.4) is 0 Å². The van der Waals surface area contributed by atoms with Crippen LogP contribution in [0.15, 0.2) is 54.8 Å². The number of amides is 1. The zero-order chi connectivity index (χ0) is 22.9. The Labute approximate surface area is 193 Å². The zero-order valence-corrected chi connectivity index (χ0v) is 18.3. The highest BCUT2D eigenvalue weighted by molar-refractivity contribution is 6.30. The number of hydrogen-bond acceptors (Lipinski definition) is 5. The minimum atomic E-state index is -0.493. The van der Waals surface area contributed by atoms with Crippen molar-refractivity contribution in [1.82, 2.24) is 29.4 Å². The third-order valence-electron chi connectivity index (χ3n) is 5.57. The Morgan fingerprint density at radius 3 is 2.91 bits per heavy atom. The van der Waals surface area contributed by atoms with Gasteiger partial charge in [-0.05, 0) is 36.5 Å². The molecule has 1 aliphatic carbocycles. The van der Waals surface area contributed by atoms with Gasteiger partial charge in [0.05, 0.1) is 35.6 Å². The smallest absolute Gasteiger partial charge is 0.254 e. The quantitative estimate of drug-likeness (QED) is 0.273. The van der Waals surface area contributed by atoms with Gasteiger partial charge in [0.1, 0.15) is 22.8 Å². The molecule has 0 radical (unpaired) electrons. The van der Waals surface area contributed by atoms with Gasteiger partial charge in [0.15, 0.2) is 0 Å². The first-order valence-electron chi connectivity index (χ1n) is 10.5. The van der Waals surface area contributed by atoms with E-state index < -0.39 is 11.7 Å². The average Bonchev–Trinajstić information content (AvgIpc) is 3.44. The monoisotopic (exact) mass is 465 g/mol. The third kappa shape index (κ3) is 4.45. The van der Waals surface area contributed by atoms with E-state index in [4.69, 9.17) is 17.0 Å². The number of hydrogen-bond donors (Lipinski definition) is 3. The fourth-order valence-corrected chi connectivity index (χ4v) is 3.90. The fourth-order valence-electron chi connectivity index (χ4n) is 3.71. The van der Waals surface area contributed by atoms with Gasteiger partial charge >= 0.3 is 0 Å². The standard InChI is InChI=1S/C23H21ClFN7O/c24-17-5-19(25)20-9-28-22(32(20)12-17)10-29-23(33)16(6-26)7-27-8-18-13-31-11-15(14-1-2-14)3-4-21(31)30-18/h3-7,9,11-14,26-27H,1-2,8,10H2,(H,29,33)/b16-7+,26-6?. The molecule has 33 heavy (non-hydrogen) atoms. The number of nitrogens with one attached hydrogen (secondary N) is 3. The van der Waals surface area contributed by atoms with Crippen LogP contribution in [-0.4, -0.2) is 30.9 Å². The molecule has 168 valence electrons. The van der Waals surface area contributed by atoms with Crippen LogP contribution in [0.2, 0.25) is 5.02 Å². The van der Waals surface area contributed by atoms with E-state index in [1.54, 1.807) is 0 Å². The van der Waals surface area contributed by atoms with Gasteiger partial charge in [-0.15, -0.1) is 0 Å². The molecule has 8 nitrogen and oxygen atoms in total. The number of pyridine rings is 2. The largest absolute Gasteiger partial charge is 0.384 e. The van der Waals surface area contributed by atoms with E-state index in [2.05, 4.69) is 32.9 Å². The molecule has 0 atom stereocenters. The Balaban J connectivity index is 1.21. The van der Waals surface area contributed by atoms with E-state index in [0.717, 1.165) is 17.6 Å². The summed E-state index contributed by atoms with van der Waals surface area (Å²) in [5.41, 5.74) is 3.43. The van der Waals surface area contributed by atoms with Crippen molar-refractivity contribution in [2.75, 3.05) is 0 Å². The zero-order valence-electron chi connectivity index (χ0n) is 17.6. The van der Waals surface area contributed by atoms with E-state index in [1.165, 1.54) is 47.5 Å². The molecule has 4 aromatic heterocycles. The van der Waals surface area contributed by atoms with Crippen molar-refractivity contribution in [2.24, 2.45) is 0 Å². The third-order valence-corrected chi connectivity index (χ3v) is 5.78. The van der Waals surface area contributed by atoms with E-state index in [1.807, 2.05) is 16.7 Å². The molecule has 0 spiro atoms. The van der Waals surface area contributed by atoms with Crippen molar-refractivity contribution in [3.63, 3.8) is 0 Å². The molecule has 3 N–H and O–H groups in total. The molecule has 4 aromatic rings. The maximum Gasteiger partial charge on any atom is 0.254 e. The minimum absolute atomic E-state index is 0.0493. The highest BCUT2D eigenvalue weighted by atomic mass is 35.5. The van der Waals surface area contributed by atoms with E-state index in [0.29, 0.717) is 18.3 Å². The van der Waals surface area contributed by atoms with Gasteiger partial charge in [-0.25, -0.2) is 14.4 Å². The Hall–Kier alpha value is -3.72. The number of nitrogens with zero attached hydrogens (tertiary/aromatic N) is 4. The molecule has 1 aliphatic rings. The maximum atomic E-state index is 14.0. The lowest BCUT2D eigenvalue weighted by Crippen LogP contribution is -2.27. The molecule has 0 unspecified atom stereocenters. The second-order valence-corrected chi connectivity index (χ2v) is 8.41. The Bertz CT molecular complexity index is 1400. The van der Waals surface area contributed by atoms with Gasteiger partial charge in [0.25, 0.3) is 5.91 Å². The van der Waals surface area contributed by atoms with Crippen LogP contribution in [0.4, 0.5) is 4.39 Å². The first-order valence-corrected chi connectivity index (χ1v) is 10.9. The molecule has 1 fully saturated rings. The number of halogens is 2. The van der Waals surface area contributed by atoms with Crippen LogP contribution in [0.25, 0.3) is 11.2 Å². The molecule has 0 bridgehead atoms. The molecule has 4 heterocycles. The molecule has 1 saturated carbocycles.